The number of hydrogen-bond acceptors (Lipinski definition) is 6. The van der Waals surface area contributed by atoms with Gasteiger partial charge in [-0.1, -0.05) is 0 Å². The van der Waals surface area contributed by atoms with E-state index in [4.69, 9.17) is 14.9 Å². The molecule has 1 atom stereocenters. The highest BCUT2D eigenvalue weighted by Crippen LogP contribution is 2.35. The average molecular weight is 312 g/mol. The van der Waals surface area contributed by atoms with E-state index in [-0.39, 0.29) is 24.9 Å². The third-order valence-electron chi connectivity index (χ3n) is 3.75. The van der Waals surface area contributed by atoms with Crippen LogP contribution in [0, 0.1) is 5.41 Å². The van der Waals surface area contributed by atoms with Gasteiger partial charge < -0.3 is 20.2 Å². The molecule has 1 saturated carbocycles. The van der Waals surface area contributed by atoms with E-state index >= 15 is 0 Å². The number of carbonyl (C=O) groups excluding carboxylic acids is 3. The summed E-state index contributed by atoms with van der Waals surface area (Å²) >= 11 is 0. The van der Waals surface area contributed by atoms with Crippen LogP contribution in [0.5, 0.6) is 0 Å². The quantitative estimate of drug-likeness (QED) is 0.488. The molecule has 0 unspecified atom stereocenters. The number of amides is 1. The summed E-state index contributed by atoms with van der Waals surface area (Å²) in [6.07, 6.45) is 2.61. The number of carbonyl (C=O) groups is 3. The van der Waals surface area contributed by atoms with Crippen LogP contribution in [0.15, 0.2) is 0 Å². The molecule has 0 aromatic heterocycles. The Balaban J connectivity index is 2.71. The lowest BCUT2D eigenvalue weighted by Crippen LogP contribution is -2.57. The molecule has 0 spiro atoms. The Morgan fingerprint density at radius 1 is 1.32 bits per heavy atom. The van der Waals surface area contributed by atoms with Gasteiger partial charge in [-0.2, -0.15) is 0 Å². The topological polar surface area (TPSA) is 106 Å². The van der Waals surface area contributed by atoms with Crippen molar-refractivity contribution in [2.75, 3.05) is 7.11 Å². The Morgan fingerprint density at radius 3 is 2.36 bits per heavy atom. The molecule has 0 heterocycles. The Hall–Kier alpha value is -1.76. The molecule has 1 fully saturated rings. The van der Waals surface area contributed by atoms with E-state index in [9.17, 15) is 14.4 Å². The van der Waals surface area contributed by atoms with Gasteiger partial charge in [0.1, 0.15) is 11.6 Å². The summed E-state index contributed by atoms with van der Waals surface area (Å²) in [6, 6.07) is -0.911. The predicted molar refractivity (Wildman–Crippen MR) is 79.8 cm³/mol. The number of methoxy groups -OCH3 is 1. The minimum atomic E-state index is -0.911. The fourth-order valence-corrected chi connectivity index (χ4v) is 2.23. The van der Waals surface area contributed by atoms with Gasteiger partial charge in [0.15, 0.2) is 5.78 Å². The van der Waals surface area contributed by atoms with Gasteiger partial charge in [-0.05, 0) is 39.5 Å². The van der Waals surface area contributed by atoms with E-state index in [1.807, 2.05) is 0 Å². The molecular weight excluding hydrogens is 288 g/mol. The van der Waals surface area contributed by atoms with Crippen LogP contribution in [0.2, 0.25) is 0 Å². The van der Waals surface area contributed by atoms with E-state index in [2.05, 4.69) is 5.32 Å². The zero-order chi connectivity index (χ0) is 16.8. The second-order valence-corrected chi connectivity index (χ2v) is 5.71. The van der Waals surface area contributed by atoms with Gasteiger partial charge in [-0.25, -0.2) is 4.79 Å². The van der Waals surface area contributed by atoms with Crippen LogP contribution in [0.1, 0.15) is 46.0 Å². The van der Waals surface area contributed by atoms with Gasteiger partial charge in [-0.15, -0.1) is 0 Å². The minimum Gasteiger partial charge on any atom is -0.461 e. The molecule has 1 aliphatic carbocycles. The number of nitrogens with one attached hydrogen (secondary N) is 2. The van der Waals surface area contributed by atoms with Gasteiger partial charge >= 0.3 is 5.97 Å². The molecule has 22 heavy (non-hydrogen) atoms. The highest BCUT2D eigenvalue weighted by molar-refractivity contribution is 6.26. The van der Waals surface area contributed by atoms with Gasteiger partial charge in [0.25, 0.3) is 5.91 Å². The molecule has 0 saturated heterocycles. The molecule has 124 valence electrons. The Labute approximate surface area is 130 Å². The molecule has 1 aliphatic rings. The fraction of sp³-hybridized carbons (Fsp3) is 0.733. The van der Waals surface area contributed by atoms with Crippen LogP contribution in [0.3, 0.4) is 0 Å². The number of rotatable bonds is 9. The van der Waals surface area contributed by atoms with Gasteiger partial charge in [0.05, 0.1) is 12.3 Å². The first-order valence-electron chi connectivity index (χ1n) is 7.44. The first-order valence-corrected chi connectivity index (χ1v) is 7.44. The largest absolute Gasteiger partial charge is 0.461 e. The van der Waals surface area contributed by atoms with Crippen LogP contribution in [0.4, 0.5) is 0 Å². The van der Waals surface area contributed by atoms with E-state index in [0.717, 1.165) is 6.42 Å². The molecule has 7 heteroatoms. The molecule has 2 N–H and O–H groups in total. The van der Waals surface area contributed by atoms with Crippen molar-refractivity contribution in [1.82, 2.24) is 5.32 Å². The summed E-state index contributed by atoms with van der Waals surface area (Å²) in [4.78, 5) is 35.6. The summed E-state index contributed by atoms with van der Waals surface area (Å²) in [6.45, 7) is 3.42. The number of Topliss-reactive ketones (excluding diaryl/α,β-unsaturated/α-hetero) is 1. The van der Waals surface area contributed by atoms with Crippen molar-refractivity contribution < 1.29 is 23.9 Å². The highest BCUT2D eigenvalue weighted by atomic mass is 16.5. The van der Waals surface area contributed by atoms with Crippen LogP contribution >= 0.6 is 0 Å². The molecule has 0 aromatic rings. The molecule has 0 radical (unpaired) electrons. The lowest BCUT2D eigenvalue weighted by molar-refractivity contribution is -0.160. The number of hydrogen-bond donors (Lipinski definition) is 2. The zero-order valence-corrected chi connectivity index (χ0v) is 13.3. The lowest BCUT2D eigenvalue weighted by Gasteiger charge is -2.39. The van der Waals surface area contributed by atoms with Crippen LogP contribution in [-0.2, 0) is 23.9 Å². The summed E-state index contributed by atoms with van der Waals surface area (Å²) < 4.78 is 10.4. The zero-order valence-electron chi connectivity index (χ0n) is 13.3. The standard InChI is InChI=1S/C15H24N2O5/c1-10(2)22-13(19)12(6-5-11(18)9-16)17-14(20)15(21-3)7-4-8-15/h9-10,12,16H,4-8H2,1-3H3,(H,17,20)/t12-/m0/s1. The van der Waals surface area contributed by atoms with Crippen molar-refractivity contribution in [3.05, 3.63) is 0 Å². The first-order chi connectivity index (χ1) is 10.3. The van der Waals surface area contributed by atoms with Gasteiger partial charge in [0, 0.05) is 13.5 Å². The van der Waals surface area contributed by atoms with Crippen molar-refractivity contribution in [2.45, 2.75) is 63.7 Å². The molecule has 0 aliphatic heterocycles. The number of ether oxygens (including phenoxy) is 2. The van der Waals surface area contributed by atoms with E-state index in [1.165, 1.54) is 7.11 Å². The molecule has 0 bridgehead atoms. The minimum absolute atomic E-state index is 0.00161. The predicted octanol–water partition coefficient (Wildman–Crippen LogP) is 0.991. The average Bonchev–Trinajstić information content (AvgIpc) is 2.41. The summed E-state index contributed by atoms with van der Waals surface area (Å²) in [5, 5.41) is 9.51. The second-order valence-electron chi connectivity index (χ2n) is 5.71. The summed E-state index contributed by atoms with van der Waals surface area (Å²) in [5.74, 6) is -1.33. The maximum atomic E-state index is 12.3. The van der Waals surface area contributed by atoms with Crippen molar-refractivity contribution in [2.24, 2.45) is 0 Å². The molecule has 1 amide bonds. The van der Waals surface area contributed by atoms with Gasteiger partial charge in [0.2, 0.25) is 0 Å². The van der Waals surface area contributed by atoms with Crippen molar-refractivity contribution >= 4 is 23.9 Å². The Kier molecular flexibility index (Phi) is 6.67. The second kappa shape index (κ2) is 8.03. The monoisotopic (exact) mass is 312 g/mol. The smallest absolute Gasteiger partial charge is 0.328 e. The summed E-state index contributed by atoms with van der Waals surface area (Å²) in [5.41, 5.74) is -0.873. The fourth-order valence-electron chi connectivity index (χ4n) is 2.23. The molecule has 1 rings (SSSR count). The Morgan fingerprint density at radius 2 is 1.95 bits per heavy atom. The van der Waals surface area contributed by atoms with Crippen molar-refractivity contribution in [3.63, 3.8) is 0 Å². The number of esters is 1. The highest BCUT2D eigenvalue weighted by Gasteiger charge is 2.45. The SMILES string of the molecule is COC1(C(=O)N[C@@H](CCC(=O)C=N)C(=O)OC(C)C)CCC1. The first kappa shape index (κ1) is 18.3. The molecule has 0 aromatic carbocycles. The van der Waals surface area contributed by atoms with Crippen LogP contribution in [-0.4, -0.2) is 48.7 Å². The lowest BCUT2D eigenvalue weighted by atomic mass is 9.79. The van der Waals surface area contributed by atoms with E-state index in [1.54, 1.807) is 13.8 Å². The maximum Gasteiger partial charge on any atom is 0.328 e. The van der Waals surface area contributed by atoms with Gasteiger partial charge in [-0.3, -0.25) is 9.59 Å². The van der Waals surface area contributed by atoms with E-state index < -0.39 is 23.4 Å². The van der Waals surface area contributed by atoms with Crippen molar-refractivity contribution in [3.8, 4) is 0 Å². The molecule has 7 nitrogen and oxygen atoms in total. The Bertz CT molecular complexity index is 438. The summed E-state index contributed by atoms with van der Waals surface area (Å²) in [7, 11) is 1.47. The molecular formula is C15H24N2O5. The number of ketones is 1. The third kappa shape index (κ3) is 4.62. The van der Waals surface area contributed by atoms with E-state index in [0.29, 0.717) is 19.1 Å². The van der Waals surface area contributed by atoms with Crippen LogP contribution in [0.25, 0.3) is 0 Å². The maximum absolute atomic E-state index is 12.3. The van der Waals surface area contributed by atoms with Crippen molar-refractivity contribution in [1.29, 1.82) is 5.41 Å². The normalized spacial score (nSPS) is 17.3. The third-order valence-corrected chi connectivity index (χ3v) is 3.75. The van der Waals surface area contributed by atoms with Crippen LogP contribution < -0.4 is 5.32 Å².